The lowest BCUT2D eigenvalue weighted by Crippen LogP contribution is -2.04. The van der Waals surface area contributed by atoms with E-state index in [1.807, 2.05) is 0 Å². The third-order valence-electron chi connectivity index (χ3n) is 1.17. The summed E-state index contributed by atoms with van der Waals surface area (Å²) in [4.78, 5) is 16.2. The van der Waals surface area contributed by atoms with E-state index in [2.05, 4.69) is 22.3 Å². The van der Waals surface area contributed by atoms with Gasteiger partial charge in [-0.3, -0.25) is 4.79 Å². The van der Waals surface area contributed by atoms with Crippen LogP contribution in [0.15, 0.2) is 25.2 Å². The van der Waals surface area contributed by atoms with Crippen LogP contribution in [-0.2, 0) is 11.2 Å². The van der Waals surface area contributed by atoms with Crippen LogP contribution < -0.4 is 11.5 Å². The smallest absolute Gasteiger partial charge is 0.240 e. The Morgan fingerprint density at radius 2 is 2.38 bits per heavy atom. The number of rotatable bonds is 3. The molecule has 0 unspecified atom stereocenters. The van der Waals surface area contributed by atoms with E-state index in [4.69, 9.17) is 5.73 Å². The van der Waals surface area contributed by atoms with Crippen LogP contribution >= 0.6 is 0 Å². The van der Waals surface area contributed by atoms with Crippen molar-refractivity contribution in [3.05, 3.63) is 30.9 Å². The van der Waals surface area contributed by atoms with Gasteiger partial charge in [-0.2, -0.15) is 0 Å². The fourth-order valence-electron chi connectivity index (χ4n) is 0.577. The molecule has 0 bridgehead atoms. The molecule has 0 fully saturated rings. The molecule has 5 heteroatoms. The SMILES string of the molecule is C=CC(N)=O.NCCc1cnc[nH]1. The molecule has 0 saturated carbocycles. The van der Waals surface area contributed by atoms with Gasteiger partial charge in [-0.15, -0.1) is 0 Å². The molecule has 0 aliphatic carbocycles. The van der Waals surface area contributed by atoms with E-state index in [0.29, 0.717) is 6.54 Å². The first kappa shape index (κ1) is 11.4. The van der Waals surface area contributed by atoms with Crippen molar-refractivity contribution in [1.29, 1.82) is 0 Å². The van der Waals surface area contributed by atoms with Gasteiger partial charge < -0.3 is 16.5 Å². The molecule has 0 aliphatic rings. The molecule has 13 heavy (non-hydrogen) atoms. The quantitative estimate of drug-likeness (QED) is 0.553. The van der Waals surface area contributed by atoms with Crippen LogP contribution in [0.25, 0.3) is 0 Å². The topological polar surface area (TPSA) is 97.8 Å². The standard InChI is InChI=1S/C5H9N3.C3H5NO/c6-2-1-5-3-7-4-8-5;1-2-3(4)5/h3-4H,1-2,6H2,(H,7,8);2H,1H2,(H2,4,5). The van der Waals surface area contributed by atoms with Gasteiger partial charge in [0, 0.05) is 18.3 Å². The second-order valence-electron chi connectivity index (χ2n) is 2.22. The van der Waals surface area contributed by atoms with Crippen molar-refractivity contribution >= 4 is 5.91 Å². The van der Waals surface area contributed by atoms with Crippen molar-refractivity contribution in [2.45, 2.75) is 6.42 Å². The number of hydrogen-bond donors (Lipinski definition) is 3. The minimum absolute atomic E-state index is 0.481. The Kier molecular flexibility index (Phi) is 6.17. The zero-order chi connectivity index (χ0) is 10.1. The highest BCUT2D eigenvalue weighted by Gasteiger charge is 1.87. The molecule has 1 aromatic rings. The summed E-state index contributed by atoms with van der Waals surface area (Å²) in [5, 5.41) is 0. The second kappa shape index (κ2) is 7.05. The summed E-state index contributed by atoms with van der Waals surface area (Å²) in [6, 6.07) is 0. The lowest BCUT2D eigenvalue weighted by atomic mass is 10.3. The summed E-state index contributed by atoms with van der Waals surface area (Å²) < 4.78 is 0. The highest BCUT2D eigenvalue weighted by atomic mass is 16.1. The van der Waals surface area contributed by atoms with Gasteiger partial charge in [-0.1, -0.05) is 6.58 Å². The van der Waals surface area contributed by atoms with Crippen molar-refractivity contribution in [3.63, 3.8) is 0 Å². The molecule has 0 aromatic carbocycles. The minimum atomic E-state index is -0.481. The summed E-state index contributed by atoms with van der Waals surface area (Å²) >= 11 is 0. The molecule has 1 amide bonds. The van der Waals surface area contributed by atoms with E-state index < -0.39 is 5.91 Å². The van der Waals surface area contributed by atoms with Crippen molar-refractivity contribution in [3.8, 4) is 0 Å². The predicted octanol–water partition coefficient (Wildman–Crippen LogP) is -0.431. The number of nitrogens with two attached hydrogens (primary N) is 2. The molecule has 5 N–H and O–H groups in total. The molecule has 5 nitrogen and oxygen atoms in total. The molecule has 1 rings (SSSR count). The number of carbonyl (C=O) groups excluding carboxylic acids is 1. The Morgan fingerprint density at radius 1 is 1.77 bits per heavy atom. The average molecular weight is 182 g/mol. The number of primary amides is 1. The summed E-state index contributed by atoms with van der Waals surface area (Å²) in [6.07, 6.45) is 5.39. The maximum Gasteiger partial charge on any atom is 0.240 e. The Morgan fingerprint density at radius 3 is 2.69 bits per heavy atom. The zero-order valence-corrected chi connectivity index (χ0v) is 7.36. The summed E-state index contributed by atoms with van der Waals surface area (Å²) in [5.74, 6) is -0.481. The fourth-order valence-corrected chi connectivity index (χ4v) is 0.577. The molecular weight excluding hydrogens is 168 g/mol. The highest BCUT2D eigenvalue weighted by Crippen LogP contribution is 1.88. The first-order chi connectivity index (χ1) is 6.20. The van der Waals surface area contributed by atoms with Gasteiger partial charge in [-0.05, 0) is 12.6 Å². The van der Waals surface area contributed by atoms with Crippen LogP contribution in [0, 0.1) is 0 Å². The summed E-state index contributed by atoms with van der Waals surface area (Å²) in [7, 11) is 0. The summed E-state index contributed by atoms with van der Waals surface area (Å²) in [5.41, 5.74) is 10.9. The molecule has 0 saturated heterocycles. The number of imidazole rings is 1. The summed E-state index contributed by atoms with van der Waals surface area (Å²) in [6.45, 7) is 3.77. The molecule has 0 radical (unpaired) electrons. The van der Waals surface area contributed by atoms with Crippen molar-refractivity contribution < 1.29 is 4.79 Å². The number of aromatic amines is 1. The number of H-pyrrole nitrogens is 1. The van der Waals surface area contributed by atoms with Gasteiger partial charge in [0.05, 0.1) is 6.33 Å². The largest absolute Gasteiger partial charge is 0.366 e. The van der Waals surface area contributed by atoms with Gasteiger partial charge in [0.15, 0.2) is 0 Å². The molecule has 72 valence electrons. The van der Waals surface area contributed by atoms with E-state index in [1.165, 1.54) is 0 Å². The van der Waals surface area contributed by atoms with E-state index in [9.17, 15) is 4.79 Å². The van der Waals surface area contributed by atoms with Crippen molar-refractivity contribution in [2.75, 3.05) is 6.54 Å². The average Bonchev–Trinajstić information content (AvgIpc) is 2.59. The Hall–Kier alpha value is -1.62. The molecule has 1 heterocycles. The first-order valence-corrected chi connectivity index (χ1v) is 3.80. The first-order valence-electron chi connectivity index (χ1n) is 3.80. The van der Waals surface area contributed by atoms with Crippen LogP contribution in [0.5, 0.6) is 0 Å². The number of nitrogens with one attached hydrogen (secondary N) is 1. The number of nitrogens with zero attached hydrogens (tertiary/aromatic N) is 1. The van der Waals surface area contributed by atoms with Crippen LogP contribution in [-0.4, -0.2) is 22.4 Å². The number of carbonyl (C=O) groups is 1. The van der Waals surface area contributed by atoms with Gasteiger partial charge in [-0.25, -0.2) is 4.98 Å². The number of amides is 1. The third-order valence-corrected chi connectivity index (χ3v) is 1.17. The van der Waals surface area contributed by atoms with Gasteiger partial charge in [0.25, 0.3) is 0 Å². The van der Waals surface area contributed by atoms with Crippen LogP contribution in [0.1, 0.15) is 5.69 Å². The molecule has 0 atom stereocenters. The van der Waals surface area contributed by atoms with E-state index in [-0.39, 0.29) is 0 Å². The lowest BCUT2D eigenvalue weighted by Gasteiger charge is -1.86. The van der Waals surface area contributed by atoms with Gasteiger partial charge >= 0.3 is 0 Å². The Bertz CT molecular complexity index is 243. The molecule has 0 spiro atoms. The molecule has 1 aromatic heterocycles. The Balaban J connectivity index is 0.000000252. The van der Waals surface area contributed by atoms with E-state index in [0.717, 1.165) is 18.2 Å². The van der Waals surface area contributed by atoms with Crippen molar-refractivity contribution in [2.24, 2.45) is 11.5 Å². The highest BCUT2D eigenvalue weighted by molar-refractivity contribution is 5.84. The van der Waals surface area contributed by atoms with Crippen LogP contribution in [0.2, 0.25) is 0 Å². The fraction of sp³-hybridized carbons (Fsp3) is 0.250. The normalized spacial score (nSPS) is 8.38. The van der Waals surface area contributed by atoms with Gasteiger partial charge in [0.2, 0.25) is 5.91 Å². The monoisotopic (exact) mass is 182 g/mol. The lowest BCUT2D eigenvalue weighted by molar-refractivity contribution is -0.113. The minimum Gasteiger partial charge on any atom is -0.366 e. The van der Waals surface area contributed by atoms with Gasteiger partial charge in [0.1, 0.15) is 0 Å². The van der Waals surface area contributed by atoms with Crippen molar-refractivity contribution in [1.82, 2.24) is 9.97 Å². The zero-order valence-electron chi connectivity index (χ0n) is 7.36. The second-order valence-corrected chi connectivity index (χ2v) is 2.22. The molecular formula is C8H14N4O. The predicted molar refractivity (Wildman–Crippen MR) is 50.7 cm³/mol. The van der Waals surface area contributed by atoms with E-state index >= 15 is 0 Å². The number of aromatic nitrogens is 2. The Labute approximate surface area is 76.8 Å². The maximum absolute atomic E-state index is 9.47. The third kappa shape index (κ3) is 6.77. The molecule has 0 aliphatic heterocycles. The maximum atomic E-state index is 9.47. The van der Waals surface area contributed by atoms with Crippen LogP contribution in [0.3, 0.4) is 0 Å². The van der Waals surface area contributed by atoms with E-state index in [1.54, 1.807) is 12.5 Å². The van der Waals surface area contributed by atoms with Crippen LogP contribution in [0.4, 0.5) is 0 Å². The number of hydrogen-bond acceptors (Lipinski definition) is 3.